The first kappa shape index (κ1) is 22.5. The van der Waals surface area contributed by atoms with E-state index in [0.717, 1.165) is 45.4 Å². The molecule has 2 aromatic rings. The molecule has 2 aliphatic rings. The Morgan fingerprint density at radius 2 is 1.88 bits per heavy atom. The van der Waals surface area contributed by atoms with Crippen LogP contribution in [0.2, 0.25) is 0 Å². The third-order valence-electron chi connectivity index (χ3n) is 6.00. The van der Waals surface area contributed by atoms with E-state index in [-0.39, 0.29) is 29.4 Å². The molecule has 1 saturated carbocycles. The summed E-state index contributed by atoms with van der Waals surface area (Å²) in [4.78, 5) is 33.9. The van der Waals surface area contributed by atoms with Crippen LogP contribution >= 0.6 is 0 Å². The van der Waals surface area contributed by atoms with E-state index in [1.807, 2.05) is 18.7 Å². The van der Waals surface area contributed by atoms with Crippen molar-refractivity contribution in [1.29, 1.82) is 0 Å². The Labute approximate surface area is 188 Å². The van der Waals surface area contributed by atoms with Crippen LogP contribution in [0.3, 0.4) is 0 Å². The van der Waals surface area contributed by atoms with Crippen LogP contribution in [-0.4, -0.2) is 65.4 Å². The summed E-state index contributed by atoms with van der Waals surface area (Å²) in [6, 6.07) is 5.79. The molecular weight excluding hydrogens is 411 g/mol. The number of nitrogens with zero attached hydrogens (tertiary/aromatic N) is 3. The number of nitrogens with one attached hydrogen (secondary N) is 1. The van der Waals surface area contributed by atoms with Gasteiger partial charge in [-0.05, 0) is 50.5 Å². The SMILES string of the molecule is CCCc1nc(-c2ccc(F)cc2)oc1C(=O)N[C@H](C)CN1CCN(C(=O)C2CC2)CC1. The highest BCUT2D eigenvalue weighted by Gasteiger charge is 2.34. The number of benzene rings is 1. The van der Waals surface area contributed by atoms with Crippen molar-refractivity contribution in [2.75, 3.05) is 32.7 Å². The lowest BCUT2D eigenvalue weighted by Gasteiger charge is -2.36. The van der Waals surface area contributed by atoms with E-state index in [1.54, 1.807) is 12.1 Å². The van der Waals surface area contributed by atoms with E-state index in [4.69, 9.17) is 4.42 Å². The van der Waals surface area contributed by atoms with Crippen LogP contribution in [0.25, 0.3) is 11.5 Å². The normalized spacial score (nSPS) is 17.9. The summed E-state index contributed by atoms with van der Waals surface area (Å²) in [6.45, 7) is 7.83. The third kappa shape index (κ3) is 5.35. The highest BCUT2D eigenvalue weighted by atomic mass is 19.1. The summed E-state index contributed by atoms with van der Waals surface area (Å²) >= 11 is 0. The second kappa shape index (κ2) is 9.81. The van der Waals surface area contributed by atoms with Gasteiger partial charge in [-0.25, -0.2) is 9.37 Å². The number of rotatable bonds is 8. The van der Waals surface area contributed by atoms with Crippen molar-refractivity contribution >= 4 is 11.8 Å². The first-order valence-electron chi connectivity index (χ1n) is 11.5. The topological polar surface area (TPSA) is 78.7 Å². The predicted molar refractivity (Wildman–Crippen MR) is 119 cm³/mol. The number of carbonyl (C=O) groups excluding carboxylic acids is 2. The first-order chi connectivity index (χ1) is 15.4. The molecule has 2 heterocycles. The highest BCUT2D eigenvalue weighted by molar-refractivity contribution is 5.93. The van der Waals surface area contributed by atoms with Crippen molar-refractivity contribution < 1.29 is 18.4 Å². The highest BCUT2D eigenvalue weighted by Crippen LogP contribution is 2.31. The van der Waals surface area contributed by atoms with Crippen LogP contribution in [0.4, 0.5) is 4.39 Å². The summed E-state index contributed by atoms with van der Waals surface area (Å²) in [6.07, 6.45) is 3.52. The zero-order valence-corrected chi connectivity index (χ0v) is 18.8. The van der Waals surface area contributed by atoms with E-state index < -0.39 is 0 Å². The summed E-state index contributed by atoms with van der Waals surface area (Å²) in [5, 5.41) is 3.02. The number of hydrogen-bond acceptors (Lipinski definition) is 5. The van der Waals surface area contributed by atoms with Gasteiger partial charge in [0.2, 0.25) is 17.6 Å². The van der Waals surface area contributed by atoms with Gasteiger partial charge in [0, 0.05) is 50.2 Å². The monoisotopic (exact) mass is 442 g/mol. The molecule has 32 heavy (non-hydrogen) atoms. The Morgan fingerprint density at radius 1 is 1.19 bits per heavy atom. The number of hydrogen-bond donors (Lipinski definition) is 1. The van der Waals surface area contributed by atoms with Gasteiger partial charge in [-0.1, -0.05) is 13.3 Å². The second-order valence-corrected chi connectivity index (χ2v) is 8.83. The Morgan fingerprint density at radius 3 is 2.50 bits per heavy atom. The molecule has 0 radical (unpaired) electrons. The molecule has 2 amide bonds. The second-order valence-electron chi connectivity index (χ2n) is 8.83. The van der Waals surface area contributed by atoms with Crippen LogP contribution in [0.5, 0.6) is 0 Å². The molecule has 2 fully saturated rings. The molecule has 1 aromatic carbocycles. The van der Waals surface area contributed by atoms with E-state index in [9.17, 15) is 14.0 Å². The quantitative estimate of drug-likeness (QED) is 0.680. The number of amides is 2. The summed E-state index contributed by atoms with van der Waals surface area (Å²) in [5.74, 6) is 0.485. The molecule has 4 rings (SSSR count). The molecule has 1 aromatic heterocycles. The number of carbonyl (C=O) groups is 2. The summed E-state index contributed by atoms with van der Waals surface area (Å²) < 4.78 is 19.0. The first-order valence-corrected chi connectivity index (χ1v) is 11.5. The molecule has 8 heteroatoms. The van der Waals surface area contributed by atoms with Crippen molar-refractivity contribution in [3.8, 4) is 11.5 Å². The largest absolute Gasteiger partial charge is 0.431 e. The molecule has 0 unspecified atom stereocenters. The fourth-order valence-corrected chi connectivity index (χ4v) is 4.11. The van der Waals surface area contributed by atoms with Crippen molar-refractivity contribution in [3.05, 3.63) is 41.5 Å². The average molecular weight is 443 g/mol. The zero-order chi connectivity index (χ0) is 22.7. The Hall–Kier alpha value is -2.74. The van der Waals surface area contributed by atoms with Gasteiger partial charge in [-0.3, -0.25) is 14.5 Å². The minimum atomic E-state index is -0.335. The van der Waals surface area contributed by atoms with Crippen LogP contribution in [0.15, 0.2) is 28.7 Å². The Kier molecular flexibility index (Phi) is 6.89. The van der Waals surface area contributed by atoms with Gasteiger partial charge < -0.3 is 14.6 Å². The van der Waals surface area contributed by atoms with Crippen LogP contribution < -0.4 is 5.32 Å². The molecule has 0 bridgehead atoms. The lowest BCUT2D eigenvalue weighted by molar-refractivity contribution is -0.134. The van der Waals surface area contributed by atoms with E-state index >= 15 is 0 Å². The fraction of sp³-hybridized carbons (Fsp3) is 0.542. The lowest BCUT2D eigenvalue weighted by Crippen LogP contribution is -2.52. The molecule has 0 spiro atoms. The molecule has 1 aliphatic carbocycles. The van der Waals surface area contributed by atoms with Crippen molar-refractivity contribution in [2.45, 2.75) is 45.6 Å². The van der Waals surface area contributed by atoms with Gasteiger partial charge in [-0.15, -0.1) is 0 Å². The van der Waals surface area contributed by atoms with Gasteiger partial charge in [-0.2, -0.15) is 0 Å². The number of aromatic nitrogens is 1. The average Bonchev–Trinajstić information content (AvgIpc) is 3.54. The van der Waals surface area contributed by atoms with Crippen molar-refractivity contribution in [1.82, 2.24) is 20.1 Å². The maximum absolute atomic E-state index is 13.2. The molecule has 1 aliphatic heterocycles. The Bertz CT molecular complexity index is 947. The Balaban J connectivity index is 1.34. The van der Waals surface area contributed by atoms with Gasteiger partial charge in [0.05, 0.1) is 5.69 Å². The number of halogens is 1. The molecule has 172 valence electrons. The minimum absolute atomic E-state index is 0.0815. The van der Waals surface area contributed by atoms with E-state index in [0.29, 0.717) is 36.0 Å². The van der Waals surface area contributed by atoms with Gasteiger partial charge in [0.15, 0.2) is 0 Å². The van der Waals surface area contributed by atoms with Crippen LogP contribution in [-0.2, 0) is 11.2 Å². The molecule has 7 nitrogen and oxygen atoms in total. The van der Waals surface area contributed by atoms with Crippen LogP contribution in [0, 0.1) is 11.7 Å². The van der Waals surface area contributed by atoms with Crippen molar-refractivity contribution in [3.63, 3.8) is 0 Å². The van der Waals surface area contributed by atoms with Crippen LogP contribution in [0.1, 0.15) is 49.4 Å². The smallest absolute Gasteiger partial charge is 0.289 e. The summed E-state index contributed by atoms with van der Waals surface area (Å²) in [7, 11) is 0. The van der Waals surface area contributed by atoms with Gasteiger partial charge in [0.1, 0.15) is 5.82 Å². The van der Waals surface area contributed by atoms with Gasteiger partial charge >= 0.3 is 0 Å². The minimum Gasteiger partial charge on any atom is -0.431 e. The molecule has 1 atom stereocenters. The zero-order valence-electron chi connectivity index (χ0n) is 18.8. The molecule has 1 saturated heterocycles. The lowest BCUT2D eigenvalue weighted by atomic mass is 10.2. The third-order valence-corrected chi connectivity index (χ3v) is 6.00. The van der Waals surface area contributed by atoms with Gasteiger partial charge in [0.25, 0.3) is 5.91 Å². The van der Waals surface area contributed by atoms with Crippen molar-refractivity contribution in [2.24, 2.45) is 5.92 Å². The number of aryl methyl sites for hydroxylation is 1. The number of piperazine rings is 1. The van der Waals surface area contributed by atoms with E-state index in [1.165, 1.54) is 12.1 Å². The standard InChI is InChI=1S/C24H31FN4O3/c1-3-4-20-21(32-23(27-20)17-7-9-19(25)10-8-17)22(30)26-16(2)15-28-11-13-29(14-12-28)24(31)18-5-6-18/h7-10,16,18H,3-6,11-15H2,1-2H3,(H,26,30)/t16-/m1/s1. The molecule has 1 N–H and O–H groups in total. The predicted octanol–water partition coefficient (Wildman–Crippen LogP) is 3.11. The maximum Gasteiger partial charge on any atom is 0.289 e. The van der Waals surface area contributed by atoms with E-state index in [2.05, 4.69) is 15.2 Å². The summed E-state index contributed by atoms with van der Waals surface area (Å²) in [5.41, 5.74) is 1.25. The fourth-order valence-electron chi connectivity index (χ4n) is 4.11. The molecular formula is C24H31FN4O3. The maximum atomic E-state index is 13.2. The number of oxazole rings is 1.